The first-order chi connectivity index (χ1) is 8.75. The Bertz CT molecular complexity index is 410. The third kappa shape index (κ3) is 3.73. The van der Waals surface area contributed by atoms with Crippen molar-refractivity contribution in [2.24, 2.45) is 5.92 Å². The topological polar surface area (TPSA) is 29.1 Å². The third-order valence-electron chi connectivity index (χ3n) is 3.67. The first-order valence-electron chi connectivity index (χ1n) is 6.79. The second kappa shape index (κ2) is 6.39. The molecule has 1 aliphatic carbocycles. The van der Waals surface area contributed by atoms with Gasteiger partial charge in [0.2, 0.25) is 5.91 Å². The van der Waals surface area contributed by atoms with Gasteiger partial charge in [-0.25, -0.2) is 0 Å². The molecule has 2 atom stereocenters. The largest absolute Gasteiger partial charge is 0.350 e. The van der Waals surface area contributed by atoms with Gasteiger partial charge < -0.3 is 5.32 Å². The lowest BCUT2D eigenvalue weighted by Crippen LogP contribution is -2.40. The summed E-state index contributed by atoms with van der Waals surface area (Å²) in [6, 6.07) is 10.3. The fraction of sp³-hybridized carbons (Fsp3) is 0.438. The van der Waals surface area contributed by atoms with Crippen molar-refractivity contribution in [2.45, 2.75) is 38.6 Å². The molecule has 0 heterocycles. The van der Waals surface area contributed by atoms with Gasteiger partial charge in [-0.2, -0.15) is 0 Å². The molecule has 1 amide bonds. The minimum absolute atomic E-state index is 0.0256. The first-order valence-corrected chi connectivity index (χ1v) is 6.79. The average Bonchev–Trinajstić information content (AvgIpc) is 2.40. The molecular formula is C16H21NO. The van der Waals surface area contributed by atoms with Gasteiger partial charge in [0.05, 0.1) is 0 Å². The van der Waals surface area contributed by atoms with E-state index in [1.807, 2.05) is 36.4 Å². The van der Waals surface area contributed by atoms with Crippen LogP contribution in [0.1, 0.15) is 38.2 Å². The Balaban J connectivity index is 1.86. The van der Waals surface area contributed by atoms with Crippen molar-refractivity contribution in [1.82, 2.24) is 5.32 Å². The molecule has 2 rings (SSSR count). The third-order valence-corrected chi connectivity index (χ3v) is 3.67. The highest BCUT2D eigenvalue weighted by Gasteiger charge is 2.21. The van der Waals surface area contributed by atoms with Crippen molar-refractivity contribution >= 4 is 12.0 Å². The maximum absolute atomic E-state index is 11.8. The molecule has 0 aliphatic heterocycles. The number of carbonyl (C=O) groups is 1. The Hall–Kier alpha value is -1.57. The zero-order valence-electron chi connectivity index (χ0n) is 10.9. The first kappa shape index (κ1) is 12.9. The van der Waals surface area contributed by atoms with Crippen molar-refractivity contribution in [3.63, 3.8) is 0 Å². The number of rotatable bonds is 3. The van der Waals surface area contributed by atoms with Crippen LogP contribution in [-0.4, -0.2) is 11.9 Å². The Morgan fingerprint density at radius 3 is 2.67 bits per heavy atom. The molecule has 18 heavy (non-hydrogen) atoms. The fourth-order valence-corrected chi connectivity index (χ4v) is 2.50. The Morgan fingerprint density at radius 2 is 1.94 bits per heavy atom. The van der Waals surface area contributed by atoms with Crippen LogP contribution >= 0.6 is 0 Å². The average molecular weight is 243 g/mol. The maximum Gasteiger partial charge on any atom is 0.244 e. The quantitative estimate of drug-likeness (QED) is 0.810. The maximum atomic E-state index is 11.8. The summed E-state index contributed by atoms with van der Waals surface area (Å²) in [6.07, 6.45) is 8.38. The number of benzene rings is 1. The predicted octanol–water partition coefficient (Wildman–Crippen LogP) is 3.39. The Labute approximate surface area is 109 Å². The van der Waals surface area contributed by atoms with E-state index in [-0.39, 0.29) is 5.91 Å². The number of nitrogens with one attached hydrogen (secondary N) is 1. The standard InChI is InChI=1S/C16H21NO/c1-13-7-5-6-10-15(13)17-16(18)12-11-14-8-3-2-4-9-14/h2-4,8-9,11-13,15H,5-7,10H2,1H3,(H,17,18)/b12-11+. The van der Waals surface area contributed by atoms with E-state index in [0.717, 1.165) is 12.0 Å². The molecule has 1 N–H and O–H groups in total. The highest BCUT2D eigenvalue weighted by molar-refractivity contribution is 5.91. The summed E-state index contributed by atoms with van der Waals surface area (Å²) in [6.45, 7) is 2.23. The van der Waals surface area contributed by atoms with Gasteiger partial charge in [-0.15, -0.1) is 0 Å². The highest BCUT2D eigenvalue weighted by atomic mass is 16.1. The zero-order chi connectivity index (χ0) is 12.8. The summed E-state index contributed by atoms with van der Waals surface area (Å²) in [5, 5.41) is 3.11. The monoisotopic (exact) mass is 243 g/mol. The molecular weight excluding hydrogens is 222 g/mol. The van der Waals surface area contributed by atoms with E-state index in [9.17, 15) is 4.79 Å². The molecule has 0 bridgehead atoms. The number of amides is 1. The van der Waals surface area contributed by atoms with Crippen LogP contribution in [-0.2, 0) is 4.79 Å². The van der Waals surface area contributed by atoms with Gasteiger partial charge in [-0.1, -0.05) is 50.1 Å². The Kier molecular flexibility index (Phi) is 4.57. The van der Waals surface area contributed by atoms with E-state index in [2.05, 4.69) is 12.2 Å². The molecule has 0 radical (unpaired) electrons. The summed E-state index contributed by atoms with van der Waals surface area (Å²) >= 11 is 0. The molecule has 96 valence electrons. The van der Waals surface area contributed by atoms with Gasteiger partial charge in [-0.05, 0) is 30.4 Å². The minimum atomic E-state index is 0.0256. The normalized spacial score (nSPS) is 24.1. The number of hydrogen-bond acceptors (Lipinski definition) is 1. The summed E-state index contributed by atoms with van der Waals surface area (Å²) in [5.41, 5.74) is 1.06. The van der Waals surface area contributed by atoms with Gasteiger partial charge in [0.1, 0.15) is 0 Å². The van der Waals surface area contributed by atoms with Crippen LogP contribution in [0, 0.1) is 5.92 Å². The lowest BCUT2D eigenvalue weighted by atomic mass is 9.86. The highest BCUT2D eigenvalue weighted by Crippen LogP contribution is 2.23. The van der Waals surface area contributed by atoms with E-state index >= 15 is 0 Å². The van der Waals surface area contributed by atoms with Crippen LogP contribution in [0.25, 0.3) is 6.08 Å². The SMILES string of the molecule is CC1CCCCC1NC(=O)/C=C/c1ccccc1. The van der Waals surface area contributed by atoms with Crippen LogP contribution in [0.4, 0.5) is 0 Å². The lowest BCUT2D eigenvalue weighted by Gasteiger charge is -2.29. The van der Waals surface area contributed by atoms with E-state index in [1.165, 1.54) is 19.3 Å². The van der Waals surface area contributed by atoms with Crippen molar-refractivity contribution in [3.8, 4) is 0 Å². The summed E-state index contributed by atoms with van der Waals surface area (Å²) < 4.78 is 0. The fourth-order valence-electron chi connectivity index (χ4n) is 2.50. The minimum Gasteiger partial charge on any atom is -0.350 e. The van der Waals surface area contributed by atoms with Gasteiger partial charge >= 0.3 is 0 Å². The van der Waals surface area contributed by atoms with Crippen LogP contribution in [0.2, 0.25) is 0 Å². The molecule has 0 spiro atoms. The van der Waals surface area contributed by atoms with Crippen LogP contribution in [0.3, 0.4) is 0 Å². The van der Waals surface area contributed by atoms with E-state index < -0.39 is 0 Å². The van der Waals surface area contributed by atoms with Gasteiger partial charge in [-0.3, -0.25) is 4.79 Å². The van der Waals surface area contributed by atoms with Crippen molar-refractivity contribution in [1.29, 1.82) is 0 Å². The smallest absolute Gasteiger partial charge is 0.244 e. The zero-order valence-corrected chi connectivity index (χ0v) is 10.9. The number of carbonyl (C=O) groups excluding carboxylic acids is 1. The van der Waals surface area contributed by atoms with Gasteiger partial charge in [0.15, 0.2) is 0 Å². The molecule has 2 nitrogen and oxygen atoms in total. The molecule has 1 aromatic rings. The van der Waals surface area contributed by atoms with Crippen molar-refractivity contribution < 1.29 is 4.79 Å². The summed E-state index contributed by atoms with van der Waals surface area (Å²) in [7, 11) is 0. The van der Waals surface area contributed by atoms with E-state index in [1.54, 1.807) is 6.08 Å². The van der Waals surface area contributed by atoms with Crippen molar-refractivity contribution in [2.75, 3.05) is 0 Å². The molecule has 1 saturated carbocycles. The summed E-state index contributed by atoms with van der Waals surface area (Å²) in [4.78, 5) is 11.8. The van der Waals surface area contributed by atoms with Crippen LogP contribution in [0.5, 0.6) is 0 Å². The van der Waals surface area contributed by atoms with Crippen LogP contribution < -0.4 is 5.32 Å². The molecule has 1 aromatic carbocycles. The van der Waals surface area contributed by atoms with Gasteiger partial charge in [0.25, 0.3) is 0 Å². The second-order valence-electron chi connectivity index (χ2n) is 5.12. The summed E-state index contributed by atoms with van der Waals surface area (Å²) in [5.74, 6) is 0.630. The molecule has 0 saturated heterocycles. The molecule has 0 aromatic heterocycles. The molecule has 1 aliphatic rings. The molecule has 2 unspecified atom stereocenters. The van der Waals surface area contributed by atoms with E-state index in [0.29, 0.717) is 12.0 Å². The second-order valence-corrected chi connectivity index (χ2v) is 5.12. The predicted molar refractivity (Wildman–Crippen MR) is 75.0 cm³/mol. The van der Waals surface area contributed by atoms with E-state index in [4.69, 9.17) is 0 Å². The Morgan fingerprint density at radius 1 is 1.22 bits per heavy atom. The van der Waals surface area contributed by atoms with Gasteiger partial charge in [0, 0.05) is 12.1 Å². The molecule has 2 heteroatoms. The number of hydrogen-bond donors (Lipinski definition) is 1. The van der Waals surface area contributed by atoms with Crippen LogP contribution in [0.15, 0.2) is 36.4 Å². The van der Waals surface area contributed by atoms with Crippen molar-refractivity contribution in [3.05, 3.63) is 42.0 Å². The lowest BCUT2D eigenvalue weighted by molar-refractivity contribution is -0.117. The molecule has 1 fully saturated rings.